The zero-order chi connectivity index (χ0) is 16.4. The molecule has 0 spiro atoms. The minimum atomic E-state index is 0.209. The van der Waals surface area contributed by atoms with Crippen molar-refractivity contribution >= 4 is 10.8 Å². The minimum absolute atomic E-state index is 0.209. The molecule has 3 rings (SSSR count). The van der Waals surface area contributed by atoms with Gasteiger partial charge in [-0.1, -0.05) is 57.2 Å². The van der Waals surface area contributed by atoms with Crippen molar-refractivity contribution in [1.29, 1.82) is 0 Å². The highest BCUT2D eigenvalue weighted by Gasteiger charge is 2.28. The first-order chi connectivity index (χ1) is 11.1. The molecule has 0 aliphatic heterocycles. The predicted molar refractivity (Wildman–Crippen MR) is 98.5 cm³/mol. The molecule has 0 fully saturated rings. The fourth-order valence-corrected chi connectivity index (χ4v) is 3.50. The molecular weight excluding hydrogens is 278 g/mol. The summed E-state index contributed by atoms with van der Waals surface area (Å²) in [5, 5.41) is 2.62. The first-order valence-corrected chi connectivity index (χ1v) is 8.58. The summed E-state index contributed by atoms with van der Waals surface area (Å²) in [5.74, 6) is 0. The van der Waals surface area contributed by atoms with E-state index in [2.05, 4.69) is 93.2 Å². The smallest absolute Gasteiger partial charge is 0.200 e. The van der Waals surface area contributed by atoms with Crippen molar-refractivity contribution in [3.63, 3.8) is 0 Å². The zero-order valence-electron chi connectivity index (χ0n) is 14.6. The number of fused-ring (bicyclic) bond motifs is 1. The summed E-state index contributed by atoms with van der Waals surface area (Å²) in [4.78, 5) is 0. The molecule has 2 aromatic carbocycles. The molecule has 1 heterocycles. The first kappa shape index (κ1) is 15.7. The van der Waals surface area contributed by atoms with Crippen LogP contribution in [0.4, 0.5) is 0 Å². The van der Waals surface area contributed by atoms with Crippen molar-refractivity contribution in [3.05, 3.63) is 66.4 Å². The lowest BCUT2D eigenvalue weighted by Crippen LogP contribution is -2.32. The number of nitrogens with zero attached hydrogens (tertiary/aromatic N) is 1. The van der Waals surface area contributed by atoms with Gasteiger partial charge in [-0.15, -0.1) is 0 Å². The highest BCUT2D eigenvalue weighted by Crippen LogP contribution is 2.38. The molecule has 1 nitrogen and oxygen atoms in total. The molecule has 0 unspecified atom stereocenters. The normalized spacial score (nSPS) is 11.8. The van der Waals surface area contributed by atoms with Crippen molar-refractivity contribution < 1.29 is 4.57 Å². The number of aromatic nitrogens is 1. The maximum Gasteiger partial charge on any atom is 0.220 e. The molecule has 1 heteroatoms. The highest BCUT2D eigenvalue weighted by atomic mass is 14.9. The van der Waals surface area contributed by atoms with E-state index in [0.29, 0.717) is 0 Å². The Bertz CT molecular complexity index is 828. The Morgan fingerprint density at radius 2 is 1.52 bits per heavy atom. The van der Waals surface area contributed by atoms with Crippen LogP contribution in [-0.4, -0.2) is 0 Å². The third-order valence-corrected chi connectivity index (χ3v) is 5.44. The van der Waals surface area contributed by atoms with Crippen LogP contribution < -0.4 is 4.57 Å². The summed E-state index contributed by atoms with van der Waals surface area (Å²) in [5.41, 5.74) is 4.34. The fourth-order valence-electron chi connectivity index (χ4n) is 3.50. The third kappa shape index (κ3) is 2.65. The van der Waals surface area contributed by atoms with Gasteiger partial charge < -0.3 is 0 Å². The van der Waals surface area contributed by atoms with Gasteiger partial charge in [0.1, 0.15) is 7.05 Å². The van der Waals surface area contributed by atoms with Crippen LogP contribution in [-0.2, 0) is 12.5 Å². The fraction of sp³-hybridized carbons (Fsp3) is 0.318. The largest absolute Gasteiger partial charge is 0.220 e. The van der Waals surface area contributed by atoms with Gasteiger partial charge in [0.05, 0.1) is 10.9 Å². The van der Waals surface area contributed by atoms with E-state index in [1.165, 1.54) is 27.6 Å². The molecule has 0 saturated heterocycles. The maximum atomic E-state index is 2.39. The van der Waals surface area contributed by atoms with E-state index in [9.17, 15) is 0 Å². The SMILES string of the molecule is CCC(C)(CC)c1ccccc1-c1c2ccccc2cc[n+]1C. The number of aryl methyl sites for hydroxylation is 1. The molecule has 0 amide bonds. The molecule has 0 saturated carbocycles. The van der Waals surface area contributed by atoms with Crippen LogP contribution in [0.3, 0.4) is 0 Å². The number of pyridine rings is 1. The Labute approximate surface area is 139 Å². The summed E-state index contributed by atoms with van der Waals surface area (Å²) < 4.78 is 2.26. The minimum Gasteiger partial charge on any atom is -0.200 e. The predicted octanol–water partition coefficient (Wildman–Crippen LogP) is 5.41. The Hall–Kier alpha value is -2.15. The molecule has 0 aliphatic carbocycles. The maximum absolute atomic E-state index is 2.39. The molecule has 3 aromatic rings. The van der Waals surface area contributed by atoms with E-state index in [4.69, 9.17) is 0 Å². The van der Waals surface area contributed by atoms with Crippen molar-refractivity contribution in [2.45, 2.75) is 39.0 Å². The monoisotopic (exact) mass is 304 g/mol. The Kier molecular flexibility index (Phi) is 4.21. The molecule has 0 bridgehead atoms. The van der Waals surface area contributed by atoms with Crippen LogP contribution in [0.2, 0.25) is 0 Å². The van der Waals surface area contributed by atoms with Gasteiger partial charge in [0.15, 0.2) is 6.20 Å². The molecule has 23 heavy (non-hydrogen) atoms. The molecule has 0 radical (unpaired) electrons. The lowest BCUT2D eigenvalue weighted by Gasteiger charge is -2.29. The molecule has 1 aromatic heterocycles. The number of hydrogen-bond acceptors (Lipinski definition) is 0. The third-order valence-electron chi connectivity index (χ3n) is 5.44. The zero-order valence-corrected chi connectivity index (χ0v) is 14.6. The van der Waals surface area contributed by atoms with Crippen molar-refractivity contribution in [2.24, 2.45) is 7.05 Å². The van der Waals surface area contributed by atoms with Gasteiger partial charge in [0.2, 0.25) is 5.69 Å². The number of benzene rings is 2. The van der Waals surface area contributed by atoms with Gasteiger partial charge in [-0.2, -0.15) is 0 Å². The van der Waals surface area contributed by atoms with Crippen molar-refractivity contribution in [1.82, 2.24) is 0 Å². The van der Waals surface area contributed by atoms with Crippen LogP contribution in [0.1, 0.15) is 39.2 Å². The summed E-state index contributed by atoms with van der Waals surface area (Å²) in [6, 6.07) is 19.8. The van der Waals surface area contributed by atoms with Gasteiger partial charge in [-0.05, 0) is 41.3 Å². The van der Waals surface area contributed by atoms with Crippen LogP contribution in [0.5, 0.6) is 0 Å². The van der Waals surface area contributed by atoms with Crippen LogP contribution in [0.15, 0.2) is 60.8 Å². The number of rotatable bonds is 4. The van der Waals surface area contributed by atoms with Gasteiger partial charge in [0.25, 0.3) is 0 Å². The van der Waals surface area contributed by atoms with Gasteiger partial charge in [-0.3, -0.25) is 0 Å². The van der Waals surface area contributed by atoms with E-state index in [0.717, 1.165) is 12.8 Å². The molecule has 0 atom stereocenters. The van der Waals surface area contributed by atoms with Gasteiger partial charge in [0, 0.05) is 6.07 Å². The highest BCUT2D eigenvalue weighted by molar-refractivity contribution is 5.93. The average molecular weight is 304 g/mol. The van der Waals surface area contributed by atoms with Crippen LogP contribution >= 0.6 is 0 Å². The van der Waals surface area contributed by atoms with E-state index in [1.54, 1.807) is 0 Å². The second kappa shape index (κ2) is 6.16. The lowest BCUT2D eigenvalue weighted by atomic mass is 9.75. The number of hydrogen-bond donors (Lipinski definition) is 0. The lowest BCUT2D eigenvalue weighted by molar-refractivity contribution is -0.659. The molecule has 118 valence electrons. The van der Waals surface area contributed by atoms with E-state index in [-0.39, 0.29) is 5.41 Å². The van der Waals surface area contributed by atoms with E-state index >= 15 is 0 Å². The van der Waals surface area contributed by atoms with Crippen molar-refractivity contribution in [3.8, 4) is 11.3 Å². The van der Waals surface area contributed by atoms with Crippen LogP contribution in [0.25, 0.3) is 22.0 Å². The second-order valence-corrected chi connectivity index (χ2v) is 6.68. The Morgan fingerprint density at radius 1 is 0.870 bits per heavy atom. The Balaban J connectivity index is 2.35. The molecule has 0 N–H and O–H groups in total. The van der Waals surface area contributed by atoms with Crippen LogP contribution in [0, 0.1) is 0 Å². The van der Waals surface area contributed by atoms with E-state index in [1.807, 2.05) is 0 Å². The summed E-state index contributed by atoms with van der Waals surface area (Å²) >= 11 is 0. The topological polar surface area (TPSA) is 3.88 Å². The average Bonchev–Trinajstić information content (AvgIpc) is 2.61. The summed E-state index contributed by atoms with van der Waals surface area (Å²) in [7, 11) is 2.15. The summed E-state index contributed by atoms with van der Waals surface area (Å²) in [6.07, 6.45) is 4.47. The summed E-state index contributed by atoms with van der Waals surface area (Å²) in [6.45, 7) is 6.98. The molecule has 0 aliphatic rings. The van der Waals surface area contributed by atoms with Gasteiger partial charge in [-0.25, -0.2) is 4.57 Å². The Morgan fingerprint density at radius 3 is 2.26 bits per heavy atom. The van der Waals surface area contributed by atoms with E-state index < -0.39 is 0 Å². The first-order valence-electron chi connectivity index (χ1n) is 8.58. The quantitative estimate of drug-likeness (QED) is 0.567. The standard InChI is InChI=1S/C22H26N/c1-5-22(3,6-2)20-14-10-9-13-19(20)21-18-12-8-7-11-17(18)15-16-23(21)4/h7-16H,5-6H2,1-4H3/q+1. The molecular formula is C22H26N+. The second-order valence-electron chi connectivity index (χ2n) is 6.68. The van der Waals surface area contributed by atoms with Crippen molar-refractivity contribution in [2.75, 3.05) is 0 Å². The van der Waals surface area contributed by atoms with Gasteiger partial charge >= 0.3 is 0 Å².